The highest BCUT2D eigenvalue weighted by Gasteiger charge is 2.30. The molecule has 2 saturated heterocycles. The standard InChI is InChI=1S/C15H20N6O3/c22-12(10-21-13(23)8-19-15(21)24)18-7-11-3-1-6-20(9-11)14-16-4-2-5-17-14/h2,4-5,11H,1,3,6-10H2,(H,18,22)(H,19,24)/t11-/m0/s1. The summed E-state index contributed by atoms with van der Waals surface area (Å²) in [6, 6.07) is 1.27. The number of nitrogens with zero attached hydrogens (tertiary/aromatic N) is 4. The molecule has 0 unspecified atom stereocenters. The Morgan fingerprint density at radius 2 is 2.12 bits per heavy atom. The fourth-order valence-electron chi connectivity index (χ4n) is 2.94. The first-order chi connectivity index (χ1) is 11.6. The van der Waals surface area contributed by atoms with Gasteiger partial charge in [0.25, 0.3) is 5.91 Å². The molecule has 3 rings (SSSR count). The van der Waals surface area contributed by atoms with Crippen molar-refractivity contribution in [3.8, 4) is 0 Å². The number of rotatable bonds is 5. The molecule has 0 spiro atoms. The lowest BCUT2D eigenvalue weighted by atomic mass is 9.98. The zero-order valence-electron chi connectivity index (χ0n) is 13.3. The molecule has 0 aliphatic carbocycles. The summed E-state index contributed by atoms with van der Waals surface area (Å²) in [7, 11) is 0. The molecule has 2 aliphatic heterocycles. The van der Waals surface area contributed by atoms with Crippen LogP contribution < -0.4 is 15.5 Å². The Morgan fingerprint density at radius 3 is 2.83 bits per heavy atom. The first kappa shape index (κ1) is 16.2. The summed E-state index contributed by atoms with van der Waals surface area (Å²) in [5, 5.41) is 5.20. The highest BCUT2D eigenvalue weighted by atomic mass is 16.2. The summed E-state index contributed by atoms with van der Waals surface area (Å²) < 4.78 is 0. The molecule has 2 fully saturated rings. The molecule has 0 aromatic carbocycles. The molecule has 128 valence electrons. The van der Waals surface area contributed by atoms with Gasteiger partial charge in [0.2, 0.25) is 11.9 Å². The van der Waals surface area contributed by atoms with E-state index in [1.54, 1.807) is 18.5 Å². The van der Waals surface area contributed by atoms with Crippen LogP contribution in [-0.4, -0.2) is 65.4 Å². The van der Waals surface area contributed by atoms with E-state index in [1.807, 2.05) is 0 Å². The molecule has 2 aliphatic rings. The molecule has 0 bridgehead atoms. The average molecular weight is 332 g/mol. The minimum Gasteiger partial charge on any atom is -0.354 e. The van der Waals surface area contributed by atoms with Crippen LogP contribution >= 0.6 is 0 Å². The van der Waals surface area contributed by atoms with Crippen molar-refractivity contribution in [2.75, 3.05) is 37.6 Å². The van der Waals surface area contributed by atoms with E-state index in [2.05, 4.69) is 25.5 Å². The van der Waals surface area contributed by atoms with Gasteiger partial charge >= 0.3 is 6.03 Å². The van der Waals surface area contributed by atoms with Gasteiger partial charge in [-0.25, -0.2) is 14.8 Å². The fourth-order valence-corrected chi connectivity index (χ4v) is 2.94. The van der Waals surface area contributed by atoms with Crippen molar-refractivity contribution in [3.63, 3.8) is 0 Å². The summed E-state index contributed by atoms with van der Waals surface area (Å²) in [6.07, 6.45) is 5.44. The van der Waals surface area contributed by atoms with E-state index < -0.39 is 6.03 Å². The zero-order valence-corrected chi connectivity index (χ0v) is 13.3. The third-order valence-corrected chi connectivity index (χ3v) is 4.18. The molecule has 0 radical (unpaired) electrons. The van der Waals surface area contributed by atoms with Crippen molar-refractivity contribution < 1.29 is 14.4 Å². The quantitative estimate of drug-likeness (QED) is 0.695. The molecule has 1 aromatic heterocycles. The van der Waals surface area contributed by atoms with E-state index in [9.17, 15) is 14.4 Å². The minimum atomic E-state index is -0.514. The molecule has 0 saturated carbocycles. The fraction of sp³-hybridized carbons (Fsp3) is 0.533. The van der Waals surface area contributed by atoms with Gasteiger partial charge in [0.05, 0.1) is 6.54 Å². The van der Waals surface area contributed by atoms with E-state index in [-0.39, 0.29) is 30.8 Å². The number of nitrogens with one attached hydrogen (secondary N) is 2. The zero-order chi connectivity index (χ0) is 16.9. The second-order valence-corrected chi connectivity index (χ2v) is 5.95. The second kappa shape index (κ2) is 7.24. The minimum absolute atomic E-state index is 0.0409. The lowest BCUT2D eigenvalue weighted by molar-refractivity contribution is -0.130. The summed E-state index contributed by atoms with van der Waals surface area (Å²) in [4.78, 5) is 46.4. The van der Waals surface area contributed by atoms with E-state index >= 15 is 0 Å². The lowest BCUT2D eigenvalue weighted by Crippen LogP contribution is -2.45. The third-order valence-electron chi connectivity index (χ3n) is 4.18. The van der Waals surface area contributed by atoms with Gasteiger partial charge < -0.3 is 15.5 Å². The maximum atomic E-state index is 12.0. The number of urea groups is 1. The Bertz CT molecular complexity index is 607. The summed E-state index contributed by atoms with van der Waals surface area (Å²) in [5.41, 5.74) is 0. The van der Waals surface area contributed by atoms with E-state index in [4.69, 9.17) is 0 Å². The van der Waals surface area contributed by atoms with Crippen LogP contribution in [0.1, 0.15) is 12.8 Å². The lowest BCUT2D eigenvalue weighted by Gasteiger charge is -2.32. The van der Waals surface area contributed by atoms with Gasteiger partial charge in [-0.15, -0.1) is 0 Å². The number of piperidine rings is 1. The number of carbonyl (C=O) groups excluding carboxylic acids is 3. The maximum Gasteiger partial charge on any atom is 0.325 e. The number of imide groups is 1. The first-order valence-corrected chi connectivity index (χ1v) is 8.00. The molecule has 4 amide bonds. The molecular formula is C15H20N6O3. The van der Waals surface area contributed by atoms with Crippen molar-refractivity contribution in [2.45, 2.75) is 12.8 Å². The van der Waals surface area contributed by atoms with Crippen molar-refractivity contribution in [3.05, 3.63) is 18.5 Å². The van der Waals surface area contributed by atoms with Crippen LogP contribution in [0.2, 0.25) is 0 Å². The molecule has 2 N–H and O–H groups in total. The van der Waals surface area contributed by atoms with Crippen LogP contribution in [0.5, 0.6) is 0 Å². The number of amides is 4. The van der Waals surface area contributed by atoms with Gasteiger partial charge in [-0.1, -0.05) is 0 Å². The molecule has 3 heterocycles. The maximum absolute atomic E-state index is 12.0. The Morgan fingerprint density at radius 1 is 1.33 bits per heavy atom. The molecule has 9 heteroatoms. The van der Waals surface area contributed by atoms with Crippen molar-refractivity contribution in [1.82, 2.24) is 25.5 Å². The van der Waals surface area contributed by atoms with E-state index in [1.165, 1.54) is 0 Å². The normalized spacial score (nSPS) is 20.9. The van der Waals surface area contributed by atoms with Crippen LogP contribution in [0, 0.1) is 5.92 Å². The van der Waals surface area contributed by atoms with Crippen molar-refractivity contribution >= 4 is 23.8 Å². The van der Waals surface area contributed by atoms with Gasteiger partial charge in [0.1, 0.15) is 6.54 Å². The van der Waals surface area contributed by atoms with Crippen LogP contribution in [0.25, 0.3) is 0 Å². The van der Waals surface area contributed by atoms with Gasteiger partial charge in [-0.3, -0.25) is 14.5 Å². The number of carbonyl (C=O) groups is 3. The smallest absolute Gasteiger partial charge is 0.325 e. The van der Waals surface area contributed by atoms with Crippen LogP contribution in [0.4, 0.5) is 10.7 Å². The first-order valence-electron chi connectivity index (χ1n) is 8.00. The number of hydrogen-bond donors (Lipinski definition) is 2. The second-order valence-electron chi connectivity index (χ2n) is 5.95. The molecule has 1 aromatic rings. The molecule has 1 atom stereocenters. The highest BCUT2D eigenvalue weighted by molar-refractivity contribution is 6.04. The van der Waals surface area contributed by atoms with Crippen molar-refractivity contribution in [1.29, 1.82) is 0 Å². The van der Waals surface area contributed by atoms with Crippen LogP contribution in [-0.2, 0) is 9.59 Å². The summed E-state index contributed by atoms with van der Waals surface area (Å²) >= 11 is 0. The Kier molecular flexibility index (Phi) is 4.88. The van der Waals surface area contributed by atoms with Gasteiger partial charge in [-0.2, -0.15) is 0 Å². The SMILES string of the molecule is O=C(CN1C(=O)CNC1=O)NC[C@@H]1CCCN(c2ncccn2)C1. The monoisotopic (exact) mass is 332 g/mol. The van der Waals surface area contributed by atoms with Gasteiger partial charge in [-0.05, 0) is 24.8 Å². The number of hydrogen-bond acceptors (Lipinski definition) is 6. The third kappa shape index (κ3) is 3.79. The Labute approximate surface area is 139 Å². The van der Waals surface area contributed by atoms with E-state index in [0.29, 0.717) is 12.5 Å². The average Bonchev–Trinajstić information content (AvgIpc) is 2.93. The van der Waals surface area contributed by atoms with E-state index in [0.717, 1.165) is 30.8 Å². The molecular weight excluding hydrogens is 312 g/mol. The summed E-state index contributed by atoms with van der Waals surface area (Å²) in [5.74, 6) is 0.288. The van der Waals surface area contributed by atoms with Crippen LogP contribution in [0.3, 0.4) is 0 Å². The van der Waals surface area contributed by atoms with Gasteiger partial charge in [0, 0.05) is 32.0 Å². The highest BCUT2D eigenvalue weighted by Crippen LogP contribution is 2.19. The van der Waals surface area contributed by atoms with Gasteiger partial charge in [0.15, 0.2) is 0 Å². The Balaban J connectivity index is 1.47. The largest absolute Gasteiger partial charge is 0.354 e. The number of anilines is 1. The molecule has 9 nitrogen and oxygen atoms in total. The van der Waals surface area contributed by atoms with Crippen molar-refractivity contribution in [2.24, 2.45) is 5.92 Å². The van der Waals surface area contributed by atoms with Crippen LogP contribution in [0.15, 0.2) is 18.5 Å². The molecule has 24 heavy (non-hydrogen) atoms. The Hall–Kier alpha value is -2.71. The number of aromatic nitrogens is 2. The predicted octanol–water partition coefficient (Wildman–Crippen LogP) is -0.639. The predicted molar refractivity (Wildman–Crippen MR) is 85.1 cm³/mol. The topological polar surface area (TPSA) is 108 Å². The summed E-state index contributed by atoms with van der Waals surface area (Å²) in [6.45, 7) is 1.90.